The van der Waals surface area contributed by atoms with Gasteiger partial charge in [0, 0.05) is 88.6 Å². The molecule has 0 saturated heterocycles. The Kier molecular flexibility index (Phi) is 17.8. The van der Waals surface area contributed by atoms with E-state index >= 15 is 0 Å². The third kappa shape index (κ3) is 16.8. The Balaban J connectivity index is 0.000000154. The van der Waals surface area contributed by atoms with E-state index in [1.165, 1.54) is 69.6 Å². The topological polar surface area (TPSA) is 15.5 Å². The van der Waals surface area contributed by atoms with E-state index in [0.717, 1.165) is 67.2 Å². The summed E-state index contributed by atoms with van der Waals surface area (Å²) in [4.78, 5) is 0. The monoisotopic (exact) mass is 1250 g/mol. The van der Waals surface area contributed by atoms with Crippen molar-refractivity contribution in [3.05, 3.63) is 312 Å². The molecule has 0 bridgehead atoms. The standard InChI is InChI=1S/C25H28N.C24H28N.C21H22N.C20H20N/c1-19-8-6-7-11-24(19)25-18-23(16-17-26(25)2)22-14-12-21(13-15-22)20-9-4-3-5-10-20;1-5-19(6-2)20-11-13-21(14-12-20)22-15-16-25(4)24(17-22)23-10-8-7-9-18(23)3;1-4-17-9-7-10-18(14-17)19-12-13-22(3)21(15-19)20-11-6-5-8-16(20)2;1-15-7-6-9-17(13-15)18-11-12-21(3)20(14-18)19-10-5-4-8-16(19)2/h6-8,11-18,20H,3-5,9-10H2,1-2H3;7-17,19H,5-6H2,1-4H3;5-15H,4H2,1-3H3;4-14H,1-3H3/q4*+1/i9D2,10D2,20D;5D2,6D2,19D;1D3;. The minimum Gasteiger partial charge on any atom is -0.201 e. The van der Waals surface area contributed by atoms with Crippen LogP contribution >= 0.6 is 0 Å². The summed E-state index contributed by atoms with van der Waals surface area (Å²) in [7, 11) is 8.17. The molecule has 4 heterocycles. The molecule has 0 radical (unpaired) electrons. The molecule has 12 aromatic rings. The molecule has 0 atom stereocenters. The minimum absolute atomic E-state index is 0.0894. The summed E-state index contributed by atoms with van der Waals surface area (Å²) in [6.45, 7) is 11.2. The molecule has 4 heteroatoms. The normalized spacial score (nSPS) is 16.0. The maximum absolute atomic E-state index is 8.89. The van der Waals surface area contributed by atoms with Gasteiger partial charge >= 0.3 is 0 Å². The fraction of sp³-hybridized carbons (Fsp3) is 0.244. The van der Waals surface area contributed by atoms with Crippen LogP contribution in [0.15, 0.2) is 267 Å². The van der Waals surface area contributed by atoms with Crippen molar-refractivity contribution in [3.8, 4) is 89.5 Å². The second kappa shape index (κ2) is 32.3. The molecule has 0 aliphatic heterocycles. The smallest absolute Gasteiger partial charge is 0.201 e. The Labute approximate surface area is 581 Å². The number of pyridine rings is 4. The summed E-state index contributed by atoms with van der Waals surface area (Å²) in [5, 5.41) is 0. The molecule has 1 aliphatic carbocycles. The highest BCUT2D eigenvalue weighted by molar-refractivity contribution is 5.74. The van der Waals surface area contributed by atoms with Crippen molar-refractivity contribution in [2.45, 2.75) is 118 Å². The van der Waals surface area contributed by atoms with Crippen molar-refractivity contribution < 1.29 is 36.1 Å². The number of hydrogen-bond acceptors (Lipinski definition) is 0. The zero-order valence-corrected chi connectivity index (χ0v) is 56.5. The van der Waals surface area contributed by atoms with Crippen LogP contribution in [0.3, 0.4) is 0 Å². The van der Waals surface area contributed by atoms with Gasteiger partial charge in [-0.2, -0.15) is 0 Å². The summed E-state index contributed by atoms with van der Waals surface area (Å²) in [6, 6.07) is 81.0. The van der Waals surface area contributed by atoms with Gasteiger partial charge in [-0.05, 0) is 186 Å². The summed E-state index contributed by atoms with van der Waals surface area (Å²) in [6.07, 6.45) is 1.23. The molecule has 4 nitrogen and oxygen atoms in total. The van der Waals surface area contributed by atoms with Crippen LogP contribution in [-0.4, -0.2) is 0 Å². The van der Waals surface area contributed by atoms with E-state index in [0.29, 0.717) is 17.5 Å². The van der Waals surface area contributed by atoms with Gasteiger partial charge in [0.05, 0.1) is 0 Å². The molecular formula is C90H98N4+4. The molecule has 8 aromatic carbocycles. The van der Waals surface area contributed by atoms with E-state index in [4.69, 9.17) is 17.8 Å². The molecule has 0 spiro atoms. The molecule has 1 fully saturated rings. The lowest BCUT2D eigenvalue weighted by Crippen LogP contribution is -2.30. The molecule has 0 amide bonds. The first-order chi connectivity index (χ1) is 50.4. The summed E-state index contributed by atoms with van der Waals surface area (Å²) < 4.78 is 114. The van der Waals surface area contributed by atoms with Crippen molar-refractivity contribution in [2.24, 2.45) is 28.2 Å². The van der Waals surface area contributed by atoms with Crippen molar-refractivity contribution in [3.63, 3.8) is 0 Å². The first-order valence-electron chi connectivity index (χ1n) is 39.0. The fourth-order valence-corrected chi connectivity index (χ4v) is 12.0. The van der Waals surface area contributed by atoms with Gasteiger partial charge < -0.3 is 0 Å². The Morgan fingerprint density at radius 3 is 1.12 bits per heavy atom. The highest BCUT2D eigenvalue weighted by Gasteiger charge is 2.20. The molecule has 0 unspecified atom stereocenters. The van der Waals surface area contributed by atoms with Gasteiger partial charge in [0.15, 0.2) is 24.8 Å². The number of hydrogen-bond donors (Lipinski definition) is 0. The minimum atomic E-state index is -2.05. The van der Waals surface area contributed by atoms with Crippen LogP contribution < -0.4 is 18.3 Å². The Morgan fingerprint density at radius 2 is 0.745 bits per heavy atom. The predicted octanol–water partition coefficient (Wildman–Crippen LogP) is 21.4. The van der Waals surface area contributed by atoms with E-state index in [-0.39, 0.29) is 19.3 Å². The number of rotatable bonds is 13. The number of nitrogens with zero attached hydrogens (tertiary/aromatic N) is 4. The fourth-order valence-electron chi connectivity index (χ4n) is 12.0. The van der Waals surface area contributed by atoms with E-state index in [1.54, 1.807) is 24.3 Å². The zero-order chi connectivity index (χ0) is 77.6. The van der Waals surface area contributed by atoms with Gasteiger partial charge in [0.25, 0.3) is 0 Å². The van der Waals surface area contributed by atoms with Crippen molar-refractivity contribution in [2.75, 3.05) is 0 Å². The number of aromatic nitrogens is 4. The van der Waals surface area contributed by atoms with Crippen LogP contribution in [-0.2, 0) is 34.6 Å². The average molecular weight is 1250 g/mol. The second-order valence-electron chi connectivity index (χ2n) is 24.3. The lowest BCUT2D eigenvalue weighted by atomic mass is 9.84. The summed E-state index contributed by atoms with van der Waals surface area (Å²) in [5.74, 6) is -3.94. The first kappa shape index (κ1) is 51.8. The lowest BCUT2D eigenvalue weighted by Gasteiger charge is -2.22. The molecule has 13 rings (SSSR count). The van der Waals surface area contributed by atoms with Gasteiger partial charge in [-0.1, -0.05) is 215 Å². The van der Waals surface area contributed by atoms with Crippen LogP contribution in [0.25, 0.3) is 89.5 Å². The number of benzene rings is 8. The molecule has 0 N–H and O–H groups in total. The molecule has 1 saturated carbocycles. The van der Waals surface area contributed by atoms with Crippen molar-refractivity contribution >= 4 is 0 Å². The SMILES string of the molecule is Cc1cccc(-c2cc[n+](C)c(-c3ccccc3C)c2)c1.[2H]C([2H])(C)C([2H])(c1ccc(-c2cc[n+](C)c(-c3ccccc3C)c2)cc1)C([2H])([2H])C.[2H]C([2H])([2H])Cc1cccc(-c2cc[n+](C)c(-c3ccccc3C)c2)c1.[2H]C1([2H])CCCC([2H])([2H])C1([2H])c1ccc(-c2cc[n+](C)c(-c3ccccc3C)c2)cc1. The van der Waals surface area contributed by atoms with Gasteiger partial charge in [0.1, 0.15) is 28.2 Å². The van der Waals surface area contributed by atoms with Crippen LogP contribution in [0, 0.1) is 34.6 Å². The molecular weight excluding hydrogens is 1140 g/mol. The van der Waals surface area contributed by atoms with Crippen LogP contribution in [0.4, 0.5) is 0 Å². The van der Waals surface area contributed by atoms with Crippen molar-refractivity contribution in [1.82, 2.24) is 0 Å². The zero-order valence-electron chi connectivity index (χ0n) is 69.5. The third-order valence-corrected chi connectivity index (χ3v) is 17.6. The maximum Gasteiger partial charge on any atom is 0.213 e. The van der Waals surface area contributed by atoms with Crippen molar-refractivity contribution in [1.29, 1.82) is 0 Å². The maximum atomic E-state index is 8.89. The van der Waals surface area contributed by atoms with E-state index in [2.05, 4.69) is 187 Å². The van der Waals surface area contributed by atoms with Crippen LogP contribution in [0.2, 0.25) is 0 Å². The highest BCUT2D eigenvalue weighted by Crippen LogP contribution is 2.36. The van der Waals surface area contributed by atoms with Gasteiger partial charge in [-0.3, -0.25) is 0 Å². The molecule has 474 valence electrons. The second-order valence-corrected chi connectivity index (χ2v) is 24.3. The van der Waals surface area contributed by atoms with Gasteiger partial charge in [0.2, 0.25) is 22.8 Å². The average Bonchev–Trinajstić information content (AvgIpc) is 0.723. The van der Waals surface area contributed by atoms with Gasteiger partial charge in [-0.25, -0.2) is 18.3 Å². The Morgan fingerprint density at radius 1 is 0.394 bits per heavy atom. The van der Waals surface area contributed by atoms with Crippen LogP contribution in [0.1, 0.15) is 140 Å². The first-order valence-corrected chi connectivity index (χ1v) is 32.5. The summed E-state index contributed by atoms with van der Waals surface area (Å²) >= 11 is 0. The lowest BCUT2D eigenvalue weighted by molar-refractivity contribution is -0.660. The Bertz CT molecular complexity index is 5080. The third-order valence-electron chi connectivity index (χ3n) is 17.6. The largest absolute Gasteiger partial charge is 0.213 e. The number of aryl methyl sites for hydroxylation is 10. The molecule has 94 heavy (non-hydrogen) atoms. The van der Waals surface area contributed by atoms with Crippen LogP contribution in [0.5, 0.6) is 0 Å². The quantitative estimate of drug-likeness (QED) is 0.102. The Hall–Kier alpha value is -9.64. The van der Waals surface area contributed by atoms with E-state index in [1.807, 2.05) is 137 Å². The van der Waals surface area contributed by atoms with E-state index < -0.39 is 44.1 Å². The van der Waals surface area contributed by atoms with E-state index in [9.17, 15) is 0 Å². The predicted molar refractivity (Wildman–Crippen MR) is 396 cm³/mol. The molecule has 4 aromatic heterocycles. The molecule has 1 aliphatic rings. The highest BCUT2D eigenvalue weighted by atomic mass is 14.9. The summed E-state index contributed by atoms with van der Waals surface area (Å²) in [5.41, 5.74) is 25.7. The van der Waals surface area contributed by atoms with Gasteiger partial charge in [-0.15, -0.1) is 0 Å².